The number of imidazole rings is 1. The molecule has 0 spiro atoms. The Balaban J connectivity index is 2.28. The molecule has 0 amide bonds. The Morgan fingerprint density at radius 3 is 2.75 bits per heavy atom. The molecule has 20 heavy (non-hydrogen) atoms. The summed E-state index contributed by atoms with van der Waals surface area (Å²) in [6.45, 7) is 8.39. The van der Waals surface area contributed by atoms with Crippen LogP contribution in [0.3, 0.4) is 0 Å². The summed E-state index contributed by atoms with van der Waals surface area (Å²) in [5.74, 6) is 3.02. The van der Waals surface area contributed by atoms with Gasteiger partial charge in [0.05, 0.1) is 0 Å². The topological polar surface area (TPSA) is 43.0 Å². The standard InChI is InChI=1S/C16H25N3O/c1-4-9-17-15(14-8-7-13(6-3)20-14)16-18-10-12-19(16)11-5-2/h7-8,10,12,15,17H,4-6,9,11H2,1-3H3. The van der Waals surface area contributed by atoms with E-state index >= 15 is 0 Å². The maximum atomic E-state index is 5.93. The van der Waals surface area contributed by atoms with Crippen LogP contribution < -0.4 is 5.32 Å². The molecule has 1 unspecified atom stereocenters. The van der Waals surface area contributed by atoms with E-state index in [2.05, 4.69) is 47.8 Å². The average Bonchev–Trinajstić information content (AvgIpc) is 3.10. The van der Waals surface area contributed by atoms with Gasteiger partial charge in [0.15, 0.2) is 0 Å². The van der Waals surface area contributed by atoms with Crippen LogP contribution in [0, 0.1) is 0 Å². The molecule has 0 saturated carbocycles. The van der Waals surface area contributed by atoms with Crippen LogP contribution in [-0.4, -0.2) is 16.1 Å². The molecule has 0 aromatic carbocycles. The summed E-state index contributed by atoms with van der Waals surface area (Å²) in [5, 5.41) is 3.55. The van der Waals surface area contributed by atoms with E-state index in [4.69, 9.17) is 4.42 Å². The van der Waals surface area contributed by atoms with E-state index in [0.29, 0.717) is 0 Å². The van der Waals surface area contributed by atoms with E-state index in [1.807, 2.05) is 12.4 Å². The molecule has 2 aromatic heterocycles. The summed E-state index contributed by atoms with van der Waals surface area (Å²) < 4.78 is 8.14. The largest absolute Gasteiger partial charge is 0.464 e. The van der Waals surface area contributed by atoms with Crippen molar-refractivity contribution in [2.24, 2.45) is 0 Å². The first-order chi connectivity index (χ1) is 9.80. The normalized spacial score (nSPS) is 12.8. The van der Waals surface area contributed by atoms with Crippen LogP contribution in [0.5, 0.6) is 0 Å². The highest BCUT2D eigenvalue weighted by Crippen LogP contribution is 2.23. The summed E-state index contributed by atoms with van der Waals surface area (Å²) in [5.41, 5.74) is 0. The number of hydrogen-bond donors (Lipinski definition) is 1. The molecule has 110 valence electrons. The molecule has 0 aliphatic heterocycles. The van der Waals surface area contributed by atoms with Crippen molar-refractivity contribution < 1.29 is 4.42 Å². The molecule has 0 aliphatic carbocycles. The molecule has 4 nitrogen and oxygen atoms in total. The summed E-state index contributed by atoms with van der Waals surface area (Å²) >= 11 is 0. The van der Waals surface area contributed by atoms with Gasteiger partial charge < -0.3 is 14.3 Å². The minimum atomic E-state index is 0.0387. The van der Waals surface area contributed by atoms with E-state index in [9.17, 15) is 0 Å². The van der Waals surface area contributed by atoms with E-state index in [0.717, 1.165) is 49.7 Å². The van der Waals surface area contributed by atoms with Crippen molar-refractivity contribution in [1.82, 2.24) is 14.9 Å². The highest BCUT2D eigenvalue weighted by molar-refractivity contribution is 5.18. The SMILES string of the molecule is CCCNC(c1ccc(CC)o1)c1nccn1CCC. The first-order valence-corrected chi connectivity index (χ1v) is 7.63. The zero-order chi connectivity index (χ0) is 14.4. The van der Waals surface area contributed by atoms with Crippen molar-refractivity contribution in [3.63, 3.8) is 0 Å². The maximum Gasteiger partial charge on any atom is 0.133 e. The monoisotopic (exact) mass is 275 g/mol. The Morgan fingerprint density at radius 2 is 2.10 bits per heavy atom. The number of furan rings is 1. The van der Waals surface area contributed by atoms with Crippen LogP contribution in [-0.2, 0) is 13.0 Å². The third-order valence-electron chi connectivity index (χ3n) is 3.38. The highest BCUT2D eigenvalue weighted by atomic mass is 16.3. The van der Waals surface area contributed by atoms with E-state index in [-0.39, 0.29) is 6.04 Å². The van der Waals surface area contributed by atoms with Gasteiger partial charge in [-0.1, -0.05) is 20.8 Å². The second-order valence-corrected chi connectivity index (χ2v) is 5.02. The Morgan fingerprint density at radius 1 is 1.25 bits per heavy atom. The third-order valence-corrected chi connectivity index (χ3v) is 3.38. The van der Waals surface area contributed by atoms with Crippen LogP contribution in [0.4, 0.5) is 0 Å². The number of hydrogen-bond acceptors (Lipinski definition) is 3. The van der Waals surface area contributed by atoms with E-state index < -0.39 is 0 Å². The van der Waals surface area contributed by atoms with Gasteiger partial charge in [-0.25, -0.2) is 4.98 Å². The first kappa shape index (κ1) is 14.9. The number of rotatable bonds is 8. The second-order valence-electron chi connectivity index (χ2n) is 5.02. The van der Waals surface area contributed by atoms with Gasteiger partial charge in [0, 0.05) is 25.4 Å². The summed E-state index contributed by atoms with van der Waals surface area (Å²) in [4.78, 5) is 4.54. The van der Waals surface area contributed by atoms with Crippen molar-refractivity contribution in [3.8, 4) is 0 Å². The molecule has 2 heterocycles. The smallest absolute Gasteiger partial charge is 0.133 e. The zero-order valence-corrected chi connectivity index (χ0v) is 12.7. The van der Waals surface area contributed by atoms with Crippen LogP contribution >= 0.6 is 0 Å². The number of nitrogens with zero attached hydrogens (tertiary/aromatic N) is 2. The number of aryl methyl sites for hydroxylation is 2. The summed E-state index contributed by atoms with van der Waals surface area (Å²) in [6, 6.07) is 4.16. The lowest BCUT2D eigenvalue weighted by Crippen LogP contribution is -2.26. The fourth-order valence-electron chi connectivity index (χ4n) is 2.36. The van der Waals surface area contributed by atoms with Gasteiger partial charge >= 0.3 is 0 Å². The van der Waals surface area contributed by atoms with Gasteiger partial charge in [-0.2, -0.15) is 0 Å². The van der Waals surface area contributed by atoms with Crippen LogP contribution in [0.1, 0.15) is 57.0 Å². The fraction of sp³-hybridized carbons (Fsp3) is 0.562. The molecule has 1 atom stereocenters. The second kappa shape index (κ2) is 7.29. The summed E-state index contributed by atoms with van der Waals surface area (Å²) in [7, 11) is 0. The lowest BCUT2D eigenvalue weighted by atomic mass is 10.2. The van der Waals surface area contributed by atoms with E-state index in [1.165, 1.54) is 0 Å². The van der Waals surface area contributed by atoms with Crippen LogP contribution in [0.2, 0.25) is 0 Å². The molecule has 0 radical (unpaired) electrons. The Kier molecular flexibility index (Phi) is 5.41. The molecule has 0 bridgehead atoms. The number of aromatic nitrogens is 2. The average molecular weight is 275 g/mol. The third kappa shape index (κ3) is 3.31. The van der Waals surface area contributed by atoms with Crippen molar-refractivity contribution in [1.29, 1.82) is 0 Å². The van der Waals surface area contributed by atoms with E-state index in [1.54, 1.807) is 0 Å². The minimum Gasteiger partial charge on any atom is -0.464 e. The highest BCUT2D eigenvalue weighted by Gasteiger charge is 2.21. The molecular formula is C16H25N3O. The molecule has 2 aromatic rings. The zero-order valence-electron chi connectivity index (χ0n) is 12.7. The first-order valence-electron chi connectivity index (χ1n) is 7.63. The Labute approximate surface area is 121 Å². The lowest BCUT2D eigenvalue weighted by molar-refractivity contribution is 0.405. The molecule has 1 N–H and O–H groups in total. The summed E-state index contributed by atoms with van der Waals surface area (Å²) in [6.07, 6.45) is 7.02. The van der Waals surface area contributed by atoms with Crippen LogP contribution in [0.15, 0.2) is 28.9 Å². The predicted molar refractivity (Wildman–Crippen MR) is 80.7 cm³/mol. The van der Waals surface area contributed by atoms with Crippen LogP contribution in [0.25, 0.3) is 0 Å². The fourth-order valence-corrected chi connectivity index (χ4v) is 2.36. The predicted octanol–water partition coefficient (Wildman–Crippen LogP) is 3.54. The van der Waals surface area contributed by atoms with Gasteiger partial charge in [-0.3, -0.25) is 0 Å². The van der Waals surface area contributed by atoms with Crippen molar-refractivity contribution >= 4 is 0 Å². The van der Waals surface area contributed by atoms with Gasteiger partial charge in [-0.15, -0.1) is 0 Å². The molecule has 0 fully saturated rings. The molecule has 2 rings (SSSR count). The lowest BCUT2D eigenvalue weighted by Gasteiger charge is -2.17. The van der Waals surface area contributed by atoms with Gasteiger partial charge in [0.25, 0.3) is 0 Å². The Hall–Kier alpha value is -1.55. The molecular weight excluding hydrogens is 250 g/mol. The van der Waals surface area contributed by atoms with Crippen molar-refractivity contribution in [3.05, 3.63) is 41.9 Å². The number of nitrogens with one attached hydrogen (secondary N) is 1. The van der Waals surface area contributed by atoms with Gasteiger partial charge in [0.1, 0.15) is 23.4 Å². The molecule has 4 heteroatoms. The maximum absolute atomic E-state index is 5.93. The molecule has 0 aliphatic rings. The van der Waals surface area contributed by atoms with Gasteiger partial charge in [0.2, 0.25) is 0 Å². The Bertz CT molecular complexity index is 515. The van der Waals surface area contributed by atoms with Crippen molar-refractivity contribution in [2.75, 3.05) is 6.54 Å². The van der Waals surface area contributed by atoms with Crippen molar-refractivity contribution in [2.45, 2.75) is 52.6 Å². The van der Waals surface area contributed by atoms with Gasteiger partial charge in [-0.05, 0) is 31.5 Å². The quantitative estimate of drug-likeness (QED) is 0.801. The molecule has 0 saturated heterocycles. The minimum absolute atomic E-state index is 0.0387.